The summed E-state index contributed by atoms with van der Waals surface area (Å²) in [5.41, 5.74) is 7.20. The molecule has 1 fully saturated rings. The van der Waals surface area contributed by atoms with Crippen molar-refractivity contribution in [2.75, 3.05) is 32.9 Å². The fourth-order valence-corrected chi connectivity index (χ4v) is 3.95. The topological polar surface area (TPSA) is 62.5 Å². The van der Waals surface area contributed by atoms with Crippen LogP contribution in [0.15, 0.2) is 18.2 Å². The third kappa shape index (κ3) is 3.64. The molecule has 0 unspecified atom stereocenters. The number of anilines is 1. The molecule has 124 valence electrons. The lowest BCUT2D eigenvalue weighted by Crippen LogP contribution is -2.38. The van der Waals surface area contributed by atoms with E-state index < -0.39 is 0 Å². The smallest absolute Gasteiger partial charge is 0.253 e. The van der Waals surface area contributed by atoms with Crippen LogP contribution in [0.3, 0.4) is 0 Å². The lowest BCUT2D eigenvalue weighted by atomic mass is 10.2. The van der Waals surface area contributed by atoms with Gasteiger partial charge in [-0.3, -0.25) is 4.79 Å². The van der Waals surface area contributed by atoms with Crippen LogP contribution in [0.2, 0.25) is 0 Å². The first-order valence-corrected chi connectivity index (χ1v) is 8.98. The summed E-state index contributed by atoms with van der Waals surface area (Å²) < 4.78 is 1.02. The summed E-state index contributed by atoms with van der Waals surface area (Å²) in [4.78, 5) is 21.0. The molecule has 1 heterocycles. The average molecular weight is 332 g/mol. The molecular formula is C17H24N4OS. The monoisotopic (exact) mass is 332 g/mol. The quantitative estimate of drug-likeness (QED) is 0.914. The molecule has 1 aromatic heterocycles. The number of carbonyl (C=O) groups excluding carboxylic acids is 1. The van der Waals surface area contributed by atoms with Crippen molar-refractivity contribution in [3.63, 3.8) is 0 Å². The number of nitrogen functional groups attached to an aromatic ring is 1. The normalized spacial score (nSPS) is 15.6. The minimum Gasteiger partial charge on any atom is -0.375 e. The predicted octanol–water partition coefficient (Wildman–Crippen LogP) is 2.82. The highest BCUT2D eigenvalue weighted by atomic mass is 32.1. The number of hydrogen-bond acceptors (Lipinski definition) is 5. The van der Waals surface area contributed by atoms with E-state index >= 15 is 0 Å². The highest BCUT2D eigenvalue weighted by Crippen LogP contribution is 2.25. The second-order valence-corrected chi connectivity index (χ2v) is 7.44. The Balaban J connectivity index is 1.61. The Kier molecular flexibility index (Phi) is 4.82. The summed E-state index contributed by atoms with van der Waals surface area (Å²) in [5.74, 6) is 0.0401. The van der Waals surface area contributed by atoms with Gasteiger partial charge in [0, 0.05) is 31.7 Å². The van der Waals surface area contributed by atoms with Gasteiger partial charge in [0.2, 0.25) is 0 Å². The molecule has 2 aromatic rings. The van der Waals surface area contributed by atoms with E-state index in [0.29, 0.717) is 16.7 Å². The molecule has 0 spiro atoms. The van der Waals surface area contributed by atoms with Crippen molar-refractivity contribution in [3.8, 4) is 0 Å². The number of nitrogens with zero attached hydrogens (tertiary/aromatic N) is 3. The maximum absolute atomic E-state index is 12.6. The van der Waals surface area contributed by atoms with Gasteiger partial charge in [0.05, 0.1) is 10.2 Å². The standard InChI is InChI=1S/C17H24N4OS/c1-20(13-5-3-4-6-13)9-10-21(2)16(22)12-7-8-15-14(11-12)19-17(18)23-15/h7-8,11,13H,3-6,9-10H2,1-2H3,(H2,18,19). The van der Waals surface area contributed by atoms with Crippen LogP contribution in [-0.2, 0) is 0 Å². The van der Waals surface area contributed by atoms with E-state index in [-0.39, 0.29) is 5.91 Å². The molecule has 1 aliphatic rings. The number of nitrogens with two attached hydrogens (primary N) is 1. The van der Waals surface area contributed by atoms with Gasteiger partial charge in [-0.05, 0) is 38.1 Å². The molecule has 0 aliphatic heterocycles. The van der Waals surface area contributed by atoms with Crippen LogP contribution in [0.5, 0.6) is 0 Å². The van der Waals surface area contributed by atoms with Gasteiger partial charge in [-0.1, -0.05) is 24.2 Å². The molecular weight excluding hydrogens is 308 g/mol. The molecule has 23 heavy (non-hydrogen) atoms. The predicted molar refractivity (Wildman–Crippen MR) is 95.9 cm³/mol. The third-order valence-corrected chi connectivity index (χ3v) is 5.60. The van der Waals surface area contributed by atoms with Crippen LogP contribution in [-0.4, -0.2) is 53.9 Å². The number of hydrogen-bond donors (Lipinski definition) is 1. The lowest BCUT2D eigenvalue weighted by Gasteiger charge is -2.26. The maximum atomic E-state index is 12.6. The molecule has 0 saturated heterocycles. The molecule has 1 amide bonds. The first-order valence-electron chi connectivity index (χ1n) is 8.16. The van der Waals surface area contributed by atoms with E-state index in [2.05, 4.69) is 16.9 Å². The van der Waals surface area contributed by atoms with Gasteiger partial charge in [-0.25, -0.2) is 4.98 Å². The largest absolute Gasteiger partial charge is 0.375 e. The van der Waals surface area contributed by atoms with E-state index in [9.17, 15) is 4.79 Å². The Morgan fingerprint density at radius 2 is 2.04 bits per heavy atom. The van der Waals surface area contributed by atoms with Gasteiger partial charge in [0.1, 0.15) is 0 Å². The second kappa shape index (κ2) is 6.84. The van der Waals surface area contributed by atoms with Gasteiger partial charge >= 0.3 is 0 Å². The lowest BCUT2D eigenvalue weighted by molar-refractivity contribution is 0.0774. The summed E-state index contributed by atoms with van der Waals surface area (Å²) in [6.07, 6.45) is 5.24. The first kappa shape index (κ1) is 16.2. The Morgan fingerprint density at radius 1 is 1.30 bits per heavy atom. The van der Waals surface area contributed by atoms with Gasteiger partial charge < -0.3 is 15.5 Å². The average Bonchev–Trinajstić information content (AvgIpc) is 3.18. The second-order valence-electron chi connectivity index (χ2n) is 6.38. The number of rotatable bonds is 5. The van der Waals surface area contributed by atoms with E-state index in [1.54, 1.807) is 4.90 Å². The number of carbonyl (C=O) groups is 1. The first-order chi connectivity index (χ1) is 11.0. The van der Waals surface area contributed by atoms with Crippen molar-refractivity contribution >= 4 is 32.6 Å². The summed E-state index contributed by atoms with van der Waals surface area (Å²) in [5, 5.41) is 0.538. The zero-order valence-corrected chi connectivity index (χ0v) is 14.6. The van der Waals surface area contributed by atoms with Crippen LogP contribution in [0.25, 0.3) is 10.2 Å². The Labute approximate surface area is 141 Å². The van der Waals surface area contributed by atoms with Crippen molar-refractivity contribution in [2.45, 2.75) is 31.7 Å². The number of likely N-dealkylation sites (N-methyl/N-ethyl adjacent to an activating group) is 2. The van der Waals surface area contributed by atoms with Gasteiger partial charge in [0.15, 0.2) is 5.13 Å². The molecule has 2 N–H and O–H groups in total. The van der Waals surface area contributed by atoms with Crippen molar-refractivity contribution in [3.05, 3.63) is 23.8 Å². The van der Waals surface area contributed by atoms with E-state index in [0.717, 1.165) is 23.3 Å². The Morgan fingerprint density at radius 3 is 2.78 bits per heavy atom. The summed E-state index contributed by atoms with van der Waals surface area (Å²) in [6, 6.07) is 6.31. The number of benzene rings is 1. The number of fused-ring (bicyclic) bond motifs is 1. The molecule has 0 bridgehead atoms. The number of thiazole rings is 1. The fraction of sp³-hybridized carbons (Fsp3) is 0.529. The van der Waals surface area contributed by atoms with E-state index in [1.165, 1.54) is 37.0 Å². The summed E-state index contributed by atoms with van der Waals surface area (Å²) in [6.45, 7) is 1.65. The highest BCUT2D eigenvalue weighted by Gasteiger charge is 2.20. The van der Waals surface area contributed by atoms with Crippen LogP contribution in [0.1, 0.15) is 36.0 Å². The molecule has 6 heteroatoms. The zero-order chi connectivity index (χ0) is 16.4. The summed E-state index contributed by atoms with van der Waals surface area (Å²) in [7, 11) is 4.03. The highest BCUT2D eigenvalue weighted by molar-refractivity contribution is 7.22. The van der Waals surface area contributed by atoms with Crippen LogP contribution in [0, 0.1) is 0 Å². The van der Waals surface area contributed by atoms with Crippen LogP contribution in [0.4, 0.5) is 5.13 Å². The zero-order valence-electron chi connectivity index (χ0n) is 13.8. The Bertz CT molecular complexity index is 693. The summed E-state index contributed by atoms with van der Waals surface area (Å²) >= 11 is 1.44. The molecule has 3 rings (SSSR count). The van der Waals surface area contributed by atoms with Gasteiger partial charge in [-0.2, -0.15) is 0 Å². The van der Waals surface area contributed by atoms with Crippen LogP contribution < -0.4 is 5.73 Å². The van der Waals surface area contributed by atoms with Crippen molar-refractivity contribution in [2.24, 2.45) is 0 Å². The number of amides is 1. The van der Waals surface area contributed by atoms with Gasteiger partial charge in [0.25, 0.3) is 5.91 Å². The molecule has 1 aromatic carbocycles. The van der Waals surface area contributed by atoms with Crippen molar-refractivity contribution in [1.82, 2.24) is 14.8 Å². The van der Waals surface area contributed by atoms with E-state index in [4.69, 9.17) is 5.73 Å². The molecule has 1 saturated carbocycles. The van der Waals surface area contributed by atoms with E-state index in [1.807, 2.05) is 25.2 Å². The minimum atomic E-state index is 0.0401. The molecule has 0 radical (unpaired) electrons. The molecule has 5 nitrogen and oxygen atoms in total. The third-order valence-electron chi connectivity index (χ3n) is 4.73. The maximum Gasteiger partial charge on any atom is 0.253 e. The minimum absolute atomic E-state index is 0.0401. The Hall–Kier alpha value is -1.66. The SMILES string of the molecule is CN(CCN(C)C1CCCC1)C(=O)c1ccc2sc(N)nc2c1. The number of aromatic nitrogens is 1. The molecule has 1 aliphatic carbocycles. The molecule has 0 atom stereocenters. The fourth-order valence-electron chi connectivity index (χ4n) is 3.24. The van der Waals surface area contributed by atoms with Crippen LogP contribution >= 0.6 is 11.3 Å². The van der Waals surface area contributed by atoms with Gasteiger partial charge in [-0.15, -0.1) is 0 Å². The van der Waals surface area contributed by atoms with Crippen molar-refractivity contribution < 1.29 is 4.79 Å². The van der Waals surface area contributed by atoms with Crippen molar-refractivity contribution in [1.29, 1.82) is 0 Å².